The van der Waals surface area contributed by atoms with Crippen molar-refractivity contribution < 1.29 is 4.74 Å². The highest BCUT2D eigenvalue weighted by Crippen LogP contribution is 2.24. The van der Waals surface area contributed by atoms with Gasteiger partial charge in [-0.25, -0.2) is 0 Å². The average molecular weight is 357 g/mol. The van der Waals surface area contributed by atoms with Gasteiger partial charge in [-0.2, -0.15) is 0 Å². The van der Waals surface area contributed by atoms with Crippen molar-refractivity contribution in [2.45, 2.75) is 39.7 Å². The van der Waals surface area contributed by atoms with Crippen molar-refractivity contribution in [1.29, 1.82) is 0 Å². The maximum absolute atomic E-state index is 5.49. The quantitative estimate of drug-likeness (QED) is 0.691. The minimum atomic E-state index is 0.485. The smallest absolute Gasteiger partial charge is 0.122 e. The predicted molar refractivity (Wildman–Crippen MR) is 94.3 cm³/mol. The summed E-state index contributed by atoms with van der Waals surface area (Å²) in [6.07, 6.45) is 2.16. The molecule has 21 heavy (non-hydrogen) atoms. The Hall–Kier alpha value is -0.580. The molecule has 0 heterocycles. The van der Waals surface area contributed by atoms with Crippen LogP contribution in [0.4, 0.5) is 0 Å². The summed E-state index contributed by atoms with van der Waals surface area (Å²) in [7, 11) is 1.74. The molecule has 0 aromatic heterocycles. The molecule has 0 aliphatic rings. The first-order valence-electron chi connectivity index (χ1n) is 7.92. The van der Waals surface area contributed by atoms with E-state index in [9.17, 15) is 0 Å². The standard InChI is InChI=1S/C17H29BrN2O/c1-5-19-16(10-11-20(6-2)7-3)13-14-12-15(18)8-9-17(14)21-4/h8-9,12,16,19H,5-7,10-11,13H2,1-4H3. The fraction of sp³-hybridized carbons (Fsp3) is 0.647. The first-order chi connectivity index (χ1) is 10.1. The number of nitrogens with zero attached hydrogens (tertiary/aromatic N) is 1. The van der Waals surface area contributed by atoms with Crippen molar-refractivity contribution in [3.8, 4) is 5.75 Å². The minimum Gasteiger partial charge on any atom is -0.496 e. The molecule has 0 saturated carbocycles. The van der Waals surface area contributed by atoms with Crippen molar-refractivity contribution >= 4 is 15.9 Å². The zero-order chi connectivity index (χ0) is 15.7. The Bertz CT molecular complexity index is 408. The van der Waals surface area contributed by atoms with E-state index in [2.05, 4.69) is 53.0 Å². The summed E-state index contributed by atoms with van der Waals surface area (Å²) in [4.78, 5) is 2.47. The van der Waals surface area contributed by atoms with Crippen LogP contribution in [-0.2, 0) is 6.42 Å². The third-order valence-corrected chi connectivity index (χ3v) is 4.38. The normalized spacial score (nSPS) is 12.7. The van der Waals surface area contributed by atoms with E-state index in [1.54, 1.807) is 7.11 Å². The van der Waals surface area contributed by atoms with E-state index >= 15 is 0 Å². The van der Waals surface area contributed by atoms with Gasteiger partial charge in [0.2, 0.25) is 0 Å². The maximum Gasteiger partial charge on any atom is 0.122 e. The molecule has 3 nitrogen and oxygen atoms in total. The molecule has 1 aromatic carbocycles. The summed E-state index contributed by atoms with van der Waals surface area (Å²) < 4.78 is 6.60. The fourth-order valence-corrected chi connectivity index (χ4v) is 3.02. The second-order valence-corrected chi connectivity index (χ2v) is 6.15. The van der Waals surface area contributed by atoms with Crippen LogP contribution in [0.25, 0.3) is 0 Å². The molecule has 0 saturated heterocycles. The molecule has 0 amide bonds. The highest BCUT2D eigenvalue weighted by atomic mass is 79.9. The van der Waals surface area contributed by atoms with Gasteiger partial charge in [0.15, 0.2) is 0 Å². The van der Waals surface area contributed by atoms with Crippen LogP contribution in [-0.4, -0.2) is 44.2 Å². The van der Waals surface area contributed by atoms with Crippen molar-refractivity contribution in [1.82, 2.24) is 10.2 Å². The van der Waals surface area contributed by atoms with E-state index in [4.69, 9.17) is 4.74 Å². The Morgan fingerprint density at radius 2 is 1.95 bits per heavy atom. The van der Waals surface area contributed by atoms with E-state index < -0.39 is 0 Å². The molecule has 1 N–H and O–H groups in total. The van der Waals surface area contributed by atoms with Gasteiger partial charge in [0, 0.05) is 10.5 Å². The van der Waals surface area contributed by atoms with Gasteiger partial charge in [-0.3, -0.25) is 0 Å². The maximum atomic E-state index is 5.49. The number of hydrogen-bond donors (Lipinski definition) is 1. The summed E-state index contributed by atoms with van der Waals surface area (Å²) in [6, 6.07) is 6.72. The van der Waals surface area contributed by atoms with Gasteiger partial charge in [-0.05, 0) is 62.8 Å². The zero-order valence-corrected chi connectivity index (χ0v) is 15.4. The van der Waals surface area contributed by atoms with E-state index in [1.807, 2.05) is 12.1 Å². The van der Waals surface area contributed by atoms with Gasteiger partial charge in [0.1, 0.15) is 5.75 Å². The van der Waals surface area contributed by atoms with Gasteiger partial charge >= 0.3 is 0 Å². The van der Waals surface area contributed by atoms with E-state index in [1.165, 1.54) is 5.56 Å². The first-order valence-corrected chi connectivity index (χ1v) is 8.71. The Morgan fingerprint density at radius 1 is 1.24 bits per heavy atom. The molecule has 4 heteroatoms. The summed E-state index contributed by atoms with van der Waals surface area (Å²) >= 11 is 3.55. The van der Waals surface area contributed by atoms with Crippen molar-refractivity contribution in [3.63, 3.8) is 0 Å². The molecular weight excluding hydrogens is 328 g/mol. The van der Waals surface area contributed by atoms with Gasteiger partial charge in [0.05, 0.1) is 7.11 Å². The van der Waals surface area contributed by atoms with Crippen molar-refractivity contribution in [2.75, 3.05) is 33.3 Å². The summed E-state index contributed by atoms with van der Waals surface area (Å²) in [5, 5.41) is 3.61. The van der Waals surface area contributed by atoms with Crippen LogP contribution in [0.15, 0.2) is 22.7 Å². The number of halogens is 1. The number of likely N-dealkylation sites (N-methyl/N-ethyl adjacent to an activating group) is 1. The van der Waals surface area contributed by atoms with Gasteiger partial charge in [0.25, 0.3) is 0 Å². The van der Waals surface area contributed by atoms with Crippen LogP contribution >= 0.6 is 15.9 Å². The van der Waals surface area contributed by atoms with E-state index in [0.29, 0.717) is 6.04 Å². The molecule has 0 spiro atoms. The lowest BCUT2D eigenvalue weighted by molar-refractivity contribution is 0.280. The molecule has 0 radical (unpaired) electrons. The minimum absolute atomic E-state index is 0.485. The van der Waals surface area contributed by atoms with Gasteiger partial charge < -0.3 is 15.0 Å². The number of hydrogen-bond acceptors (Lipinski definition) is 3. The zero-order valence-electron chi connectivity index (χ0n) is 13.8. The van der Waals surface area contributed by atoms with E-state index in [0.717, 1.165) is 49.2 Å². The van der Waals surface area contributed by atoms with Crippen molar-refractivity contribution in [2.24, 2.45) is 0 Å². The van der Waals surface area contributed by atoms with Crippen LogP contribution in [0, 0.1) is 0 Å². The Labute approximate surface area is 138 Å². The number of benzene rings is 1. The molecule has 1 atom stereocenters. The molecule has 1 unspecified atom stereocenters. The molecule has 1 aromatic rings. The summed E-state index contributed by atoms with van der Waals surface area (Å²) in [6.45, 7) is 11.0. The largest absolute Gasteiger partial charge is 0.496 e. The van der Waals surface area contributed by atoms with Crippen LogP contribution in [0.2, 0.25) is 0 Å². The van der Waals surface area contributed by atoms with E-state index in [-0.39, 0.29) is 0 Å². The Morgan fingerprint density at radius 3 is 2.52 bits per heavy atom. The fourth-order valence-electron chi connectivity index (χ4n) is 2.62. The van der Waals surface area contributed by atoms with Crippen LogP contribution < -0.4 is 10.1 Å². The Kier molecular flexibility index (Phi) is 8.97. The molecule has 0 fully saturated rings. The lowest BCUT2D eigenvalue weighted by Gasteiger charge is -2.24. The third-order valence-electron chi connectivity index (χ3n) is 3.89. The van der Waals surface area contributed by atoms with Crippen LogP contribution in [0.5, 0.6) is 5.75 Å². The van der Waals surface area contributed by atoms with Gasteiger partial charge in [-0.1, -0.05) is 36.7 Å². The summed E-state index contributed by atoms with van der Waals surface area (Å²) in [5.74, 6) is 0.976. The number of ether oxygens (including phenoxy) is 1. The summed E-state index contributed by atoms with van der Waals surface area (Å²) in [5.41, 5.74) is 1.26. The number of nitrogens with one attached hydrogen (secondary N) is 1. The molecular formula is C17H29BrN2O. The Balaban J connectivity index is 2.71. The highest BCUT2D eigenvalue weighted by Gasteiger charge is 2.13. The highest BCUT2D eigenvalue weighted by molar-refractivity contribution is 9.10. The van der Waals surface area contributed by atoms with Crippen LogP contribution in [0.3, 0.4) is 0 Å². The van der Waals surface area contributed by atoms with Gasteiger partial charge in [-0.15, -0.1) is 0 Å². The average Bonchev–Trinajstić information content (AvgIpc) is 2.48. The molecule has 0 bridgehead atoms. The molecule has 120 valence electrons. The topological polar surface area (TPSA) is 24.5 Å². The molecule has 1 rings (SSSR count). The van der Waals surface area contributed by atoms with Crippen LogP contribution in [0.1, 0.15) is 32.8 Å². The molecule has 0 aliphatic carbocycles. The lowest BCUT2D eigenvalue weighted by atomic mass is 10.0. The monoisotopic (exact) mass is 356 g/mol. The lowest BCUT2D eigenvalue weighted by Crippen LogP contribution is -2.35. The first kappa shape index (κ1) is 18.5. The molecule has 0 aliphatic heterocycles. The second-order valence-electron chi connectivity index (χ2n) is 5.23. The number of methoxy groups -OCH3 is 1. The SMILES string of the molecule is CCNC(CCN(CC)CC)Cc1cc(Br)ccc1OC. The predicted octanol–water partition coefficient (Wildman–Crippen LogP) is 3.71. The van der Waals surface area contributed by atoms with Crippen molar-refractivity contribution in [3.05, 3.63) is 28.2 Å². The number of rotatable bonds is 10. The third kappa shape index (κ3) is 6.37. The second kappa shape index (κ2) is 10.2.